The van der Waals surface area contributed by atoms with Gasteiger partial charge in [-0.2, -0.15) is 13.2 Å². The molecule has 0 amide bonds. The summed E-state index contributed by atoms with van der Waals surface area (Å²) in [5, 5.41) is 9.24. The molecule has 0 fully saturated rings. The molecule has 1 aromatic heterocycles. The summed E-state index contributed by atoms with van der Waals surface area (Å²) >= 11 is 0. The average molecular weight is 300 g/mol. The molecule has 21 heavy (non-hydrogen) atoms. The van der Waals surface area contributed by atoms with Gasteiger partial charge in [-0.15, -0.1) is 0 Å². The Hall–Kier alpha value is -2.05. The molecule has 1 N–H and O–H groups in total. The lowest BCUT2D eigenvalue weighted by molar-refractivity contribution is -0.148. The van der Waals surface area contributed by atoms with Crippen molar-refractivity contribution >= 4 is 17.0 Å². The first-order valence-corrected chi connectivity index (χ1v) is 6.42. The Morgan fingerprint density at radius 3 is 2.43 bits per heavy atom. The van der Waals surface area contributed by atoms with Gasteiger partial charge in [0.2, 0.25) is 5.82 Å². The van der Waals surface area contributed by atoms with E-state index in [-0.39, 0.29) is 16.6 Å². The maximum atomic E-state index is 13.3. The molecule has 0 aliphatic carbocycles. The minimum absolute atomic E-state index is 0.00387. The predicted octanol–water partition coefficient (Wildman–Crippen LogP) is 3.90. The molecule has 0 aliphatic rings. The van der Waals surface area contributed by atoms with E-state index in [0.29, 0.717) is 6.42 Å². The van der Waals surface area contributed by atoms with Crippen molar-refractivity contribution < 1.29 is 23.1 Å². The molecule has 0 aliphatic heterocycles. The van der Waals surface area contributed by atoms with Crippen LogP contribution in [-0.4, -0.2) is 20.6 Å². The van der Waals surface area contributed by atoms with Gasteiger partial charge in [0.05, 0.1) is 16.6 Å². The van der Waals surface area contributed by atoms with Crippen LogP contribution in [0.25, 0.3) is 11.0 Å². The third-order valence-corrected chi connectivity index (χ3v) is 3.63. The third kappa shape index (κ3) is 2.48. The second-order valence-corrected chi connectivity index (χ2v) is 5.41. The first-order chi connectivity index (χ1) is 9.59. The van der Waals surface area contributed by atoms with Crippen LogP contribution in [0.4, 0.5) is 13.2 Å². The van der Waals surface area contributed by atoms with E-state index in [0.717, 1.165) is 4.57 Å². The monoisotopic (exact) mass is 300 g/mol. The van der Waals surface area contributed by atoms with Gasteiger partial charge in [0.25, 0.3) is 0 Å². The van der Waals surface area contributed by atoms with Gasteiger partial charge < -0.3 is 9.67 Å². The maximum Gasteiger partial charge on any atom is 0.449 e. The number of imidazole rings is 1. The molecule has 0 spiro atoms. The maximum absolute atomic E-state index is 13.3. The Labute approximate surface area is 119 Å². The molecule has 0 bridgehead atoms. The van der Waals surface area contributed by atoms with Crippen molar-refractivity contribution in [3.05, 3.63) is 29.6 Å². The molecule has 0 unspecified atom stereocenters. The Balaban J connectivity index is 2.98. The molecule has 7 heteroatoms. The molecule has 0 saturated carbocycles. The number of rotatable bonds is 3. The zero-order chi connectivity index (χ0) is 16.0. The van der Waals surface area contributed by atoms with Crippen LogP contribution in [0, 0.1) is 0 Å². The third-order valence-electron chi connectivity index (χ3n) is 3.63. The highest BCUT2D eigenvalue weighted by molar-refractivity contribution is 6.01. The van der Waals surface area contributed by atoms with E-state index in [2.05, 4.69) is 4.98 Å². The fourth-order valence-corrected chi connectivity index (χ4v) is 2.24. The van der Waals surface area contributed by atoms with Gasteiger partial charge in [0.1, 0.15) is 0 Å². The van der Waals surface area contributed by atoms with Crippen LogP contribution in [0.2, 0.25) is 0 Å². The smallest absolute Gasteiger partial charge is 0.449 e. The van der Waals surface area contributed by atoms with Gasteiger partial charge >= 0.3 is 12.1 Å². The number of hydrogen-bond donors (Lipinski definition) is 1. The molecule has 0 radical (unpaired) electrons. The number of halogens is 3. The lowest BCUT2D eigenvalue weighted by atomic mass is 10.00. The van der Waals surface area contributed by atoms with Gasteiger partial charge in [0, 0.05) is 5.54 Å². The van der Waals surface area contributed by atoms with E-state index in [4.69, 9.17) is 0 Å². The van der Waals surface area contributed by atoms with Crippen molar-refractivity contribution in [2.24, 2.45) is 0 Å². The summed E-state index contributed by atoms with van der Waals surface area (Å²) < 4.78 is 40.8. The van der Waals surface area contributed by atoms with Crippen molar-refractivity contribution in [3.63, 3.8) is 0 Å². The summed E-state index contributed by atoms with van der Waals surface area (Å²) in [6.07, 6.45) is -4.25. The van der Waals surface area contributed by atoms with E-state index in [1.165, 1.54) is 18.2 Å². The van der Waals surface area contributed by atoms with E-state index < -0.39 is 23.5 Å². The summed E-state index contributed by atoms with van der Waals surface area (Å²) in [5.41, 5.74) is -1.06. The van der Waals surface area contributed by atoms with E-state index in [1.54, 1.807) is 20.8 Å². The van der Waals surface area contributed by atoms with Crippen molar-refractivity contribution in [1.82, 2.24) is 9.55 Å². The van der Waals surface area contributed by atoms with E-state index in [9.17, 15) is 23.1 Å². The van der Waals surface area contributed by atoms with Crippen molar-refractivity contribution in [1.29, 1.82) is 0 Å². The van der Waals surface area contributed by atoms with Crippen LogP contribution in [0.3, 0.4) is 0 Å². The Kier molecular flexibility index (Phi) is 3.47. The lowest BCUT2D eigenvalue weighted by Crippen LogP contribution is -2.30. The number of alkyl halides is 3. The molecule has 4 nitrogen and oxygen atoms in total. The molecular formula is C14H15F3N2O2. The molecule has 2 rings (SSSR count). The number of carbonyl (C=O) groups is 1. The summed E-state index contributed by atoms with van der Waals surface area (Å²) in [6.45, 7) is 5.00. The molecule has 0 saturated heterocycles. The Morgan fingerprint density at radius 2 is 1.95 bits per heavy atom. The number of benzene rings is 1. The van der Waals surface area contributed by atoms with Gasteiger partial charge in [-0.05, 0) is 32.4 Å². The van der Waals surface area contributed by atoms with Crippen LogP contribution in [0.15, 0.2) is 18.2 Å². The van der Waals surface area contributed by atoms with Gasteiger partial charge in [-0.3, -0.25) is 0 Å². The fourth-order valence-electron chi connectivity index (χ4n) is 2.24. The number of fused-ring (bicyclic) bond motifs is 1. The number of para-hydroxylation sites is 1. The van der Waals surface area contributed by atoms with Crippen LogP contribution < -0.4 is 0 Å². The van der Waals surface area contributed by atoms with Crippen LogP contribution >= 0.6 is 0 Å². The topological polar surface area (TPSA) is 55.1 Å². The summed E-state index contributed by atoms with van der Waals surface area (Å²) in [7, 11) is 0. The quantitative estimate of drug-likeness (QED) is 0.935. The minimum Gasteiger partial charge on any atom is -0.478 e. The standard InChI is InChI=1S/C14H15F3N2O2/c1-4-13(2,3)19-10-8(11(20)21)6-5-7-9(10)18-12(19)14(15,16)17/h5-7H,4H2,1-3H3,(H,20,21). The van der Waals surface area contributed by atoms with Gasteiger partial charge in [-0.25, -0.2) is 9.78 Å². The largest absolute Gasteiger partial charge is 0.478 e. The normalized spacial score (nSPS) is 12.9. The predicted molar refractivity (Wildman–Crippen MR) is 71.3 cm³/mol. The highest BCUT2D eigenvalue weighted by Crippen LogP contribution is 2.37. The minimum atomic E-state index is -4.65. The highest BCUT2D eigenvalue weighted by Gasteiger charge is 2.41. The van der Waals surface area contributed by atoms with Crippen molar-refractivity contribution in [3.8, 4) is 0 Å². The zero-order valence-electron chi connectivity index (χ0n) is 11.8. The van der Waals surface area contributed by atoms with E-state index in [1.807, 2.05) is 0 Å². The van der Waals surface area contributed by atoms with E-state index >= 15 is 0 Å². The highest BCUT2D eigenvalue weighted by atomic mass is 19.4. The number of hydrogen-bond acceptors (Lipinski definition) is 2. The first kappa shape index (κ1) is 15.3. The molecule has 2 aromatic rings. The van der Waals surface area contributed by atoms with Crippen molar-refractivity contribution in [2.75, 3.05) is 0 Å². The molecule has 1 aromatic carbocycles. The Bertz CT molecular complexity index is 702. The summed E-state index contributed by atoms with van der Waals surface area (Å²) in [4.78, 5) is 14.9. The number of nitrogens with zero attached hydrogens (tertiary/aromatic N) is 2. The lowest BCUT2D eigenvalue weighted by Gasteiger charge is -2.29. The number of carboxylic acids is 1. The number of aromatic carboxylic acids is 1. The molecule has 114 valence electrons. The summed E-state index contributed by atoms with van der Waals surface area (Å²) in [5.74, 6) is -2.35. The fraction of sp³-hybridized carbons (Fsp3) is 0.429. The average Bonchev–Trinajstić information content (AvgIpc) is 2.78. The SMILES string of the molecule is CCC(C)(C)n1c(C(F)(F)F)nc2cccc(C(=O)O)c21. The number of carboxylic acid groups (broad SMARTS) is 1. The van der Waals surface area contributed by atoms with Crippen LogP contribution in [-0.2, 0) is 11.7 Å². The van der Waals surface area contributed by atoms with Gasteiger partial charge in [-0.1, -0.05) is 13.0 Å². The van der Waals surface area contributed by atoms with Crippen LogP contribution in [0.1, 0.15) is 43.4 Å². The Morgan fingerprint density at radius 1 is 1.33 bits per heavy atom. The number of aromatic nitrogens is 2. The molecular weight excluding hydrogens is 285 g/mol. The second-order valence-electron chi connectivity index (χ2n) is 5.41. The summed E-state index contributed by atoms with van der Waals surface area (Å²) in [6, 6.07) is 4.07. The second kappa shape index (κ2) is 4.75. The molecule has 0 atom stereocenters. The molecule has 1 heterocycles. The van der Waals surface area contributed by atoms with Gasteiger partial charge in [0.15, 0.2) is 0 Å². The zero-order valence-corrected chi connectivity index (χ0v) is 11.8. The van der Waals surface area contributed by atoms with Crippen molar-refractivity contribution in [2.45, 2.75) is 38.9 Å². The first-order valence-electron chi connectivity index (χ1n) is 6.42. The van der Waals surface area contributed by atoms with Crippen LogP contribution in [0.5, 0.6) is 0 Å².